The summed E-state index contributed by atoms with van der Waals surface area (Å²) in [5.74, 6) is 0.877. The van der Waals surface area contributed by atoms with Crippen LogP contribution in [0.1, 0.15) is 18.3 Å². The van der Waals surface area contributed by atoms with E-state index in [0.29, 0.717) is 18.2 Å². The van der Waals surface area contributed by atoms with Crippen LogP contribution in [0.3, 0.4) is 0 Å². The van der Waals surface area contributed by atoms with E-state index < -0.39 is 4.92 Å². The summed E-state index contributed by atoms with van der Waals surface area (Å²) in [6.07, 6.45) is 0. The summed E-state index contributed by atoms with van der Waals surface area (Å²) in [5.41, 5.74) is 1.63. The van der Waals surface area contributed by atoms with Crippen LogP contribution in [0.4, 0.5) is 11.5 Å². The van der Waals surface area contributed by atoms with Crippen molar-refractivity contribution in [3.05, 3.63) is 38.1 Å². The number of aryl methyl sites for hydroxylation is 1. The van der Waals surface area contributed by atoms with Gasteiger partial charge in [0.15, 0.2) is 5.82 Å². The number of rotatable bonds is 4. The molecule has 0 radical (unpaired) electrons. The largest absolute Gasteiger partial charge is 0.370 e. The number of pyridine rings is 1. The van der Waals surface area contributed by atoms with Gasteiger partial charge >= 0.3 is 0 Å². The number of anilines is 1. The summed E-state index contributed by atoms with van der Waals surface area (Å²) in [6, 6.07) is 2.82. The number of aromatic nitrogens is 3. The molecule has 0 amide bonds. The Morgan fingerprint density at radius 2 is 2.15 bits per heavy atom. The third kappa shape index (κ3) is 2.64. The highest BCUT2D eigenvalue weighted by atomic mass is 79.9. The van der Waals surface area contributed by atoms with E-state index in [1.54, 1.807) is 4.68 Å². The summed E-state index contributed by atoms with van der Waals surface area (Å²) in [5, 5.41) is 18.3. The summed E-state index contributed by atoms with van der Waals surface area (Å²) in [7, 11) is 0. The van der Waals surface area contributed by atoms with Crippen molar-refractivity contribution >= 4 is 27.4 Å². The number of nitro groups is 1. The Kier molecular flexibility index (Phi) is 4.03. The van der Waals surface area contributed by atoms with Gasteiger partial charge in [0, 0.05) is 6.54 Å². The number of nitrogens with zero attached hydrogens (tertiary/aromatic N) is 4. The van der Waals surface area contributed by atoms with E-state index in [0.717, 1.165) is 15.9 Å². The first kappa shape index (κ1) is 14.4. The maximum atomic E-state index is 11.0. The van der Waals surface area contributed by atoms with E-state index in [2.05, 4.69) is 31.3 Å². The minimum Gasteiger partial charge on any atom is -0.370 e. The molecule has 8 heteroatoms. The molecule has 2 heterocycles. The third-order valence-corrected chi connectivity index (χ3v) is 3.93. The van der Waals surface area contributed by atoms with Crippen LogP contribution in [-0.4, -0.2) is 26.2 Å². The average molecular weight is 340 g/mol. The second-order valence-electron chi connectivity index (χ2n) is 4.25. The van der Waals surface area contributed by atoms with Crippen LogP contribution in [0.5, 0.6) is 0 Å². The topological polar surface area (TPSA) is 85.9 Å². The molecule has 0 saturated carbocycles. The molecule has 0 fully saturated rings. The molecule has 0 aromatic carbocycles. The Morgan fingerprint density at radius 3 is 2.65 bits per heavy atom. The van der Waals surface area contributed by atoms with Crippen LogP contribution < -0.4 is 5.32 Å². The Balaban J connectivity index is 2.60. The molecule has 0 aliphatic rings. The normalized spacial score (nSPS) is 10.6. The molecule has 1 N–H and O–H groups in total. The minimum absolute atomic E-state index is 0.0189. The van der Waals surface area contributed by atoms with Gasteiger partial charge in [-0.3, -0.25) is 10.1 Å². The van der Waals surface area contributed by atoms with Gasteiger partial charge < -0.3 is 5.32 Å². The summed E-state index contributed by atoms with van der Waals surface area (Å²) >= 11 is 3.43. The first-order chi connectivity index (χ1) is 9.43. The molecule has 2 aromatic heterocycles. The molecule has 0 saturated heterocycles. The summed E-state index contributed by atoms with van der Waals surface area (Å²) < 4.78 is 2.46. The van der Waals surface area contributed by atoms with Crippen molar-refractivity contribution < 1.29 is 4.92 Å². The van der Waals surface area contributed by atoms with Crippen LogP contribution in [0.15, 0.2) is 16.6 Å². The van der Waals surface area contributed by atoms with Crippen molar-refractivity contribution in [1.29, 1.82) is 0 Å². The number of hydrogen-bond acceptors (Lipinski definition) is 5. The molecule has 0 spiro atoms. The van der Waals surface area contributed by atoms with Gasteiger partial charge in [0.05, 0.1) is 32.9 Å². The molecular weight excluding hydrogens is 326 g/mol. The predicted octanol–water partition coefficient (Wildman–Crippen LogP) is 2.99. The van der Waals surface area contributed by atoms with Gasteiger partial charge in [-0.15, -0.1) is 0 Å². The Bertz CT molecular complexity index is 668. The van der Waals surface area contributed by atoms with Gasteiger partial charge in [-0.1, -0.05) is 0 Å². The summed E-state index contributed by atoms with van der Waals surface area (Å²) in [6.45, 7) is 6.27. The highest BCUT2D eigenvalue weighted by Gasteiger charge is 2.16. The lowest BCUT2D eigenvalue weighted by Gasteiger charge is -2.07. The van der Waals surface area contributed by atoms with Crippen LogP contribution in [0.25, 0.3) is 5.82 Å². The lowest BCUT2D eigenvalue weighted by atomic mass is 10.3. The zero-order valence-corrected chi connectivity index (χ0v) is 12.9. The van der Waals surface area contributed by atoms with E-state index in [1.165, 1.54) is 12.1 Å². The molecular formula is C12H14BrN5O2. The summed E-state index contributed by atoms with van der Waals surface area (Å²) in [4.78, 5) is 14.9. The minimum atomic E-state index is -0.438. The van der Waals surface area contributed by atoms with Crippen LogP contribution >= 0.6 is 15.9 Å². The second kappa shape index (κ2) is 5.58. The zero-order chi connectivity index (χ0) is 14.9. The number of nitrogens with one attached hydrogen (secondary N) is 1. The smallest absolute Gasteiger partial charge is 0.276 e. The maximum Gasteiger partial charge on any atom is 0.276 e. The maximum absolute atomic E-state index is 11.0. The van der Waals surface area contributed by atoms with Crippen LogP contribution in [0, 0.1) is 24.0 Å². The standard InChI is InChI=1S/C12H14BrN5O2/c1-4-14-10-5-9(18(19)20)6-11(15-10)17-8(3)12(13)7(2)16-17/h5-6H,4H2,1-3H3,(H,14,15). The molecule has 0 atom stereocenters. The van der Waals surface area contributed by atoms with Crippen molar-refractivity contribution in [1.82, 2.24) is 14.8 Å². The molecule has 2 rings (SSSR count). The molecule has 2 aromatic rings. The quantitative estimate of drug-likeness (QED) is 0.683. The average Bonchev–Trinajstić information content (AvgIpc) is 2.66. The van der Waals surface area contributed by atoms with E-state index in [9.17, 15) is 10.1 Å². The molecule has 7 nitrogen and oxygen atoms in total. The number of halogens is 1. The van der Waals surface area contributed by atoms with Gasteiger partial charge in [-0.05, 0) is 36.7 Å². The van der Waals surface area contributed by atoms with Gasteiger partial charge in [-0.25, -0.2) is 9.67 Å². The first-order valence-electron chi connectivity index (χ1n) is 6.06. The highest BCUT2D eigenvalue weighted by molar-refractivity contribution is 9.10. The Labute approximate surface area is 124 Å². The van der Waals surface area contributed by atoms with Gasteiger partial charge in [-0.2, -0.15) is 5.10 Å². The molecule has 106 valence electrons. The van der Waals surface area contributed by atoms with E-state index in [-0.39, 0.29) is 5.69 Å². The fourth-order valence-corrected chi connectivity index (χ4v) is 2.08. The van der Waals surface area contributed by atoms with E-state index in [4.69, 9.17) is 0 Å². The molecule has 0 aliphatic carbocycles. The molecule has 0 aliphatic heterocycles. The Hall–Kier alpha value is -1.96. The highest BCUT2D eigenvalue weighted by Crippen LogP contribution is 2.25. The number of hydrogen-bond donors (Lipinski definition) is 1. The fourth-order valence-electron chi connectivity index (χ4n) is 1.83. The SMILES string of the molecule is CCNc1cc([N+](=O)[O-])cc(-n2nc(C)c(Br)c2C)n1. The van der Waals surface area contributed by atoms with Crippen molar-refractivity contribution in [3.63, 3.8) is 0 Å². The third-order valence-electron chi connectivity index (χ3n) is 2.79. The van der Waals surface area contributed by atoms with Crippen molar-refractivity contribution in [3.8, 4) is 5.82 Å². The monoisotopic (exact) mass is 339 g/mol. The van der Waals surface area contributed by atoms with Gasteiger partial charge in [0.25, 0.3) is 5.69 Å². The van der Waals surface area contributed by atoms with Crippen molar-refractivity contribution in [2.75, 3.05) is 11.9 Å². The van der Waals surface area contributed by atoms with Crippen LogP contribution in [0.2, 0.25) is 0 Å². The zero-order valence-electron chi connectivity index (χ0n) is 11.3. The first-order valence-corrected chi connectivity index (χ1v) is 6.85. The van der Waals surface area contributed by atoms with E-state index in [1.807, 2.05) is 20.8 Å². The lowest BCUT2D eigenvalue weighted by molar-refractivity contribution is -0.384. The van der Waals surface area contributed by atoms with E-state index >= 15 is 0 Å². The van der Waals surface area contributed by atoms with Gasteiger partial charge in [0.1, 0.15) is 5.82 Å². The predicted molar refractivity (Wildman–Crippen MR) is 79.4 cm³/mol. The van der Waals surface area contributed by atoms with Crippen LogP contribution in [-0.2, 0) is 0 Å². The second-order valence-corrected chi connectivity index (χ2v) is 5.05. The Morgan fingerprint density at radius 1 is 1.45 bits per heavy atom. The fraction of sp³-hybridized carbons (Fsp3) is 0.333. The molecule has 0 unspecified atom stereocenters. The van der Waals surface area contributed by atoms with Crippen molar-refractivity contribution in [2.24, 2.45) is 0 Å². The molecule has 0 bridgehead atoms. The van der Waals surface area contributed by atoms with Gasteiger partial charge in [0.2, 0.25) is 0 Å². The molecule has 20 heavy (non-hydrogen) atoms. The van der Waals surface area contributed by atoms with Crippen molar-refractivity contribution in [2.45, 2.75) is 20.8 Å². The lowest BCUT2D eigenvalue weighted by Crippen LogP contribution is -2.07.